The zero-order valence-corrected chi connectivity index (χ0v) is 22.5. The number of alkyl halides is 1. The monoisotopic (exact) mass is 501 g/mol. The first-order chi connectivity index (χ1) is 14.1. The van der Waals surface area contributed by atoms with Crippen LogP contribution in [0, 0.1) is 5.92 Å². The lowest BCUT2D eigenvalue weighted by Gasteiger charge is -2.18. The molecule has 0 aliphatic rings. The number of benzene rings is 2. The number of hydrogen-bond donors (Lipinski definition) is 0. The van der Waals surface area contributed by atoms with E-state index in [4.69, 9.17) is 4.98 Å². The molecule has 4 heteroatoms. The molecule has 0 N–H and O–H groups in total. The van der Waals surface area contributed by atoms with Gasteiger partial charge in [-0.25, -0.2) is 0 Å². The van der Waals surface area contributed by atoms with Crippen molar-refractivity contribution in [3.8, 4) is 22.4 Å². The molecule has 0 fully saturated rings. The van der Waals surface area contributed by atoms with Gasteiger partial charge in [-0.15, -0.1) is 0 Å². The molecule has 3 aromatic rings. The maximum Gasteiger partial charge on any atom is 0.0775 e. The summed E-state index contributed by atoms with van der Waals surface area (Å²) in [5.41, 5.74) is 6.16. The van der Waals surface area contributed by atoms with Crippen LogP contribution in [0.15, 0.2) is 66.9 Å². The molecule has 0 spiro atoms. The van der Waals surface area contributed by atoms with Gasteiger partial charge < -0.3 is 0 Å². The summed E-state index contributed by atoms with van der Waals surface area (Å²) in [7, 11) is -1.27. The van der Waals surface area contributed by atoms with Crippen LogP contribution in [0.1, 0.15) is 33.3 Å². The second-order valence-corrected chi connectivity index (χ2v) is 16.4. The highest BCUT2D eigenvalue weighted by Crippen LogP contribution is 2.28. The summed E-state index contributed by atoms with van der Waals surface area (Å²) in [6.45, 7) is 15.9. The molecule has 1 aromatic heterocycles. The number of aromatic nitrogens is 1. The molecule has 0 unspecified atom stereocenters. The summed E-state index contributed by atoms with van der Waals surface area (Å²) >= 11 is 3.27. The second kappa shape index (κ2) is 12.3. The topological polar surface area (TPSA) is 12.9 Å². The van der Waals surface area contributed by atoms with Crippen LogP contribution >= 0.6 is 15.9 Å². The Morgan fingerprint density at radius 1 is 0.839 bits per heavy atom. The van der Waals surface area contributed by atoms with Crippen LogP contribution in [0.5, 0.6) is 0 Å². The smallest absolute Gasteiger partial charge is 0.0775 e. The Balaban J connectivity index is 0.000000885. The van der Waals surface area contributed by atoms with Crippen molar-refractivity contribution in [2.24, 2.45) is 5.92 Å². The Labute approximate surface area is 197 Å². The van der Waals surface area contributed by atoms with E-state index in [1.807, 2.05) is 6.07 Å². The van der Waals surface area contributed by atoms with Gasteiger partial charge in [0.2, 0.25) is 0 Å². The first-order valence-electron chi connectivity index (χ1n) is 10.9. The Morgan fingerprint density at radius 2 is 1.39 bits per heavy atom. The molecular weight excluding hydrogens is 465 g/mol. The predicted molar refractivity (Wildman–Crippen MR) is 143 cm³/mol. The molecule has 2 aromatic carbocycles. The Morgan fingerprint density at radius 3 is 1.87 bits per heavy atom. The van der Waals surface area contributed by atoms with Crippen molar-refractivity contribution >= 4 is 29.2 Å². The average molecular weight is 503 g/mol. The van der Waals surface area contributed by atoms with Crippen LogP contribution in [0.3, 0.4) is 0 Å². The van der Waals surface area contributed by atoms with E-state index >= 15 is 0 Å². The molecule has 3 rings (SSSR count). The van der Waals surface area contributed by atoms with Gasteiger partial charge in [0.1, 0.15) is 0 Å². The second-order valence-electron chi connectivity index (χ2n) is 9.53. The van der Waals surface area contributed by atoms with E-state index in [-0.39, 0.29) is 4.70 Å². The summed E-state index contributed by atoms with van der Waals surface area (Å²) in [6.07, 6.45) is 3.12. The van der Waals surface area contributed by atoms with Crippen LogP contribution < -0.4 is 5.19 Å². The van der Waals surface area contributed by atoms with Gasteiger partial charge in [0.05, 0.1) is 13.8 Å². The summed E-state index contributed by atoms with van der Waals surface area (Å²) < 4.78 is 0. The van der Waals surface area contributed by atoms with E-state index in [1.54, 1.807) is 0 Å². The fourth-order valence-electron chi connectivity index (χ4n) is 3.28. The molecule has 0 aliphatic heterocycles. The number of pyridine rings is 1. The predicted octanol–water partition coefficient (Wildman–Crippen LogP) is 8.10. The van der Waals surface area contributed by atoms with Crippen molar-refractivity contribution in [1.29, 1.82) is 0 Å². The number of hydrogen-bond acceptors (Lipinski definition) is 1. The van der Waals surface area contributed by atoms with Crippen molar-refractivity contribution < 1.29 is 4.70 Å². The standard InChI is InChI=1S/C24H29NSi.C3H7Br.FH/c1-18(2)15-21-16-24(20-9-7-6-8-10-20)25-17-23(21)19-11-13-22(14-12-19)26(3,4)5;1-3(2)4;/h6-14,16-18H,15H2,1-5H3;3H,1-2H3;1H. The van der Waals surface area contributed by atoms with Crippen molar-refractivity contribution in [1.82, 2.24) is 4.98 Å². The first-order valence-corrected chi connectivity index (χ1v) is 15.3. The molecule has 1 nitrogen and oxygen atoms in total. The van der Waals surface area contributed by atoms with Gasteiger partial charge in [-0.05, 0) is 29.5 Å². The van der Waals surface area contributed by atoms with Crippen LogP contribution in [0.4, 0.5) is 4.70 Å². The summed E-state index contributed by atoms with van der Waals surface area (Å²) in [5.74, 6) is 0.612. The molecule has 0 saturated carbocycles. The fourth-order valence-corrected chi connectivity index (χ4v) is 4.45. The third kappa shape index (κ3) is 8.70. The van der Waals surface area contributed by atoms with Crippen molar-refractivity contribution in [2.45, 2.75) is 58.6 Å². The Bertz CT molecular complexity index is 913. The van der Waals surface area contributed by atoms with Crippen LogP contribution in [-0.4, -0.2) is 17.9 Å². The van der Waals surface area contributed by atoms with Crippen molar-refractivity contribution in [3.63, 3.8) is 0 Å². The van der Waals surface area contributed by atoms with E-state index in [2.05, 4.69) is 124 Å². The molecule has 31 heavy (non-hydrogen) atoms. The van der Waals surface area contributed by atoms with Gasteiger partial charge >= 0.3 is 0 Å². The zero-order chi connectivity index (χ0) is 22.3. The van der Waals surface area contributed by atoms with Gasteiger partial charge in [-0.3, -0.25) is 9.69 Å². The highest BCUT2D eigenvalue weighted by molar-refractivity contribution is 9.09. The molecule has 1 heterocycles. The molecule has 0 atom stereocenters. The van der Waals surface area contributed by atoms with E-state index in [0.29, 0.717) is 10.7 Å². The lowest BCUT2D eigenvalue weighted by atomic mass is 9.94. The first kappa shape index (κ1) is 27.3. The van der Waals surface area contributed by atoms with E-state index in [9.17, 15) is 0 Å². The van der Waals surface area contributed by atoms with Crippen molar-refractivity contribution in [3.05, 3.63) is 72.4 Å². The quantitative estimate of drug-likeness (QED) is 0.254. The summed E-state index contributed by atoms with van der Waals surface area (Å²) in [5, 5.41) is 1.50. The Kier molecular flexibility index (Phi) is 10.8. The van der Waals surface area contributed by atoms with Gasteiger partial charge in [0, 0.05) is 22.2 Å². The molecule has 168 valence electrons. The minimum atomic E-state index is -1.27. The molecule has 0 aliphatic carbocycles. The van der Waals surface area contributed by atoms with Gasteiger partial charge in [0.15, 0.2) is 0 Å². The van der Waals surface area contributed by atoms with Crippen LogP contribution in [0.2, 0.25) is 19.6 Å². The SMILES string of the molecule is CC(C)Br.CC(C)Cc1cc(-c2ccccc2)ncc1-c1ccc([Si](C)(C)C)cc1.F. The number of halogens is 2. The molecule has 0 radical (unpaired) electrons. The van der Waals surface area contributed by atoms with Gasteiger partial charge in [-0.2, -0.15) is 0 Å². The van der Waals surface area contributed by atoms with Crippen LogP contribution in [-0.2, 0) is 6.42 Å². The number of nitrogens with zero attached hydrogens (tertiary/aromatic N) is 1. The van der Waals surface area contributed by atoms with Crippen LogP contribution in [0.25, 0.3) is 22.4 Å². The molecular formula is C27H37BrFNSi. The lowest BCUT2D eigenvalue weighted by molar-refractivity contribution is 0.648. The zero-order valence-electron chi connectivity index (χ0n) is 19.9. The number of rotatable bonds is 5. The average Bonchev–Trinajstić information content (AvgIpc) is 2.67. The fraction of sp³-hybridized carbons (Fsp3) is 0.370. The van der Waals surface area contributed by atoms with E-state index < -0.39 is 8.07 Å². The minimum Gasteiger partial charge on any atom is -0.269 e. The third-order valence-corrected chi connectivity index (χ3v) is 6.81. The van der Waals surface area contributed by atoms with Crippen molar-refractivity contribution in [2.75, 3.05) is 0 Å². The van der Waals surface area contributed by atoms with E-state index in [1.165, 1.54) is 27.4 Å². The highest BCUT2D eigenvalue weighted by atomic mass is 79.9. The summed E-state index contributed by atoms with van der Waals surface area (Å²) in [4.78, 5) is 5.42. The van der Waals surface area contributed by atoms with E-state index in [0.717, 1.165) is 12.1 Å². The maximum absolute atomic E-state index is 4.77. The Hall–Kier alpha value is -1.78. The third-order valence-electron chi connectivity index (χ3n) is 4.75. The molecule has 0 saturated heterocycles. The largest absolute Gasteiger partial charge is 0.269 e. The van der Waals surface area contributed by atoms with Gasteiger partial charge in [-0.1, -0.05) is 123 Å². The van der Waals surface area contributed by atoms with Gasteiger partial charge in [0.25, 0.3) is 0 Å². The summed E-state index contributed by atoms with van der Waals surface area (Å²) in [6, 6.07) is 21.9. The minimum absolute atomic E-state index is 0. The maximum atomic E-state index is 4.77. The lowest BCUT2D eigenvalue weighted by Crippen LogP contribution is -2.37. The normalized spacial score (nSPS) is 11.0. The molecule has 0 bridgehead atoms. The highest BCUT2D eigenvalue weighted by Gasteiger charge is 2.16. The molecule has 0 amide bonds.